The Labute approximate surface area is 142 Å². The van der Waals surface area contributed by atoms with Crippen molar-refractivity contribution in [3.63, 3.8) is 0 Å². The fourth-order valence-corrected chi connectivity index (χ4v) is 3.43. The van der Waals surface area contributed by atoms with Crippen LogP contribution in [0.2, 0.25) is 0 Å². The summed E-state index contributed by atoms with van der Waals surface area (Å²) in [6.07, 6.45) is 3.19. The Morgan fingerprint density at radius 1 is 1.13 bits per heavy atom. The zero-order chi connectivity index (χ0) is 15.8. The van der Waals surface area contributed by atoms with Crippen LogP contribution in [0.25, 0.3) is 22.2 Å². The molecule has 0 radical (unpaired) electrons. The largest absolute Gasteiger partial charge is 0.356 e. The molecule has 23 heavy (non-hydrogen) atoms. The smallest absolute Gasteiger partial charge is 0.150 e. The normalized spacial score (nSPS) is 18.4. The molecule has 5 heteroatoms. The van der Waals surface area contributed by atoms with Crippen molar-refractivity contribution in [2.24, 2.45) is 0 Å². The van der Waals surface area contributed by atoms with Crippen molar-refractivity contribution in [3.05, 3.63) is 52.8 Å². The molecule has 0 bridgehead atoms. The molecule has 3 aromatic rings. The molecule has 1 aromatic heterocycles. The Bertz CT molecular complexity index is 838. The SMILES string of the molecule is Fc1ccc(-c2nn([C@@H]3CCCCO3)c3ccc(Br)cc23)cc1. The number of benzene rings is 2. The molecule has 0 N–H and O–H groups in total. The van der Waals surface area contributed by atoms with Crippen LogP contribution < -0.4 is 0 Å². The van der Waals surface area contributed by atoms with E-state index in [1.165, 1.54) is 12.1 Å². The van der Waals surface area contributed by atoms with Crippen LogP contribution in [0, 0.1) is 5.82 Å². The highest BCUT2D eigenvalue weighted by atomic mass is 79.9. The first-order chi connectivity index (χ1) is 11.2. The lowest BCUT2D eigenvalue weighted by Gasteiger charge is -2.23. The highest BCUT2D eigenvalue weighted by Crippen LogP contribution is 2.34. The maximum Gasteiger partial charge on any atom is 0.150 e. The van der Waals surface area contributed by atoms with E-state index in [2.05, 4.69) is 28.1 Å². The van der Waals surface area contributed by atoms with E-state index in [4.69, 9.17) is 9.84 Å². The zero-order valence-electron chi connectivity index (χ0n) is 12.5. The molecule has 0 unspecified atom stereocenters. The third-order valence-corrected chi connectivity index (χ3v) is 4.71. The molecule has 0 amide bonds. The Morgan fingerprint density at radius 2 is 1.96 bits per heavy atom. The maximum absolute atomic E-state index is 13.2. The van der Waals surface area contributed by atoms with Gasteiger partial charge in [-0.25, -0.2) is 9.07 Å². The molecule has 1 aliphatic rings. The van der Waals surface area contributed by atoms with Crippen molar-refractivity contribution < 1.29 is 9.13 Å². The summed E-state index contributed by atoms with van der Waals surface area (Å²) in [5.41, 5.74) is 2.80. The summed E-state index contributed by atoms with van der Waals surface area (Å²) >= 11 is 3.53. The molecule has 118 valence electrons. The Hall–Kier alpha value is -1.72. The van der Waals surface area contributed by atoms with Crippen LogP contribution in [0.15, 0.2) is 46.9 Å². The van der Waals surface area contributed by atoms with E-state index in [0.29, 0.717) is 0 Å². The molecule has 1 atom stereocenters. The Morgan fingerprint density at radius 3 is 2.70 bits per heavy atom. The van der Waals surface area contributed by atoms with Crippen LogP contribution in [0.4, 0.5) is 4.39 Å². The number of fused-ring (bicyclic) bond motifs is 1. The first-order valence-electron chi connectivity index (χ1n) is 7.78. The lowest BCUT2D eigenvalue weighted by Crippen LogP contribution is -2.19. The third-order valence-electron chi connectivity index (χ3n) is 4.21. The fraction of sp³-hybridized carbons (Fsp3) is 0.278. The van der Waals surface area contributed by atoms with E-state index >= 15 is 0 Å². The second-order valence-corrected chi connectivity index (χ2v) is 6.70. The summed E-state index contributed by atoms with van der Waals surface area (Å²) in [5, 5.41) is 5.84. The van der Waals surface area contributed by atoms with E-state index < -0.39 is 0 Å². The Kier molecular flexibility index (Phi) is 3.91. The van der Waals surface area contributed by atoms with Crippen molar-refractivity contribution in [1.82, 2.24) is 9.78 Å². The molecule has 4 rings (SSSR count). The summed E-state index contributed by atoms with van der Waals surface area (Å²) in [7, 11) is 0. The van der Waals surface area contributed by atoms with Gasteiger partial charge >= 0.3 is 0 Å². The molecule has 2 heterocycles. The average Bonchev–Trinajstić information content (AvgIpc) is 2.95. The molecule has 1 saturated heterocycles. The van der Waals surface area contributed by atoms with E-state index in [9.17, 15) is 4.39 Å². The number of aromatic nitrogens is 2. The van der Waals surface area contributed by atoms with Crippen molar-refractivity contribution in [2.45, 2.75) is 25.5 Å². The van der Waals surface area contributed by atoms with Gasteiger partial charge in [-0.2, -0.15) is 5.10 Å². The molecule has 1 aliphatic heterocycles. The maximum atomic E-state index is 13.2. The van der Waals surface area contributed by atoms with Gasteiger partial charge in [0.1, 0.15) is 11.5 Å². The molecular formula is C18H16BrFN2O. The molecule has 0 saturated carbocycles. The van der Waals surface area contributed by atoms with Gasteiger partial charge < -0.3 is 4.74 Å². The quantitative estimate of drug-likeness (QED) is 0.608. The van der Waals surface area contributed by atoms with Crippen molar-refractivity contribution >= 4 is 26.8 Å². The van der Waals surface area contributed by atoms with E-state index in [-0.39, 0.29) is 12.0 Å². The second-order valence-electron chi connectivity index (χ2n) is 5.78. The number of hydrogen-bond donors (Lipinski definition) is 0. The van der Waals surface area contributed by atoms with Crippen LogP contribution in [0.3, 0.4) is 0 Å². The topological polar surface area (TPSA) is 27.1 Å². The van der Waals surface area contributed by atoms with Crippen LogP contribution in [0.5, 0.6) is 0 Å². The summed E-state index contributed by atoms with van der Waals surface area (Å²) in [6.45, 7) is 0.772. The lowest BCUT2D eigenvalue weighted by atomic mass is 10.1. The van der Waals surface area contributed by atoms with Gasteiger partial charge in [0.2, 0.25) is 0 Å². The number of rotatable bonds is 2. The van der Waals surface area contributed by atoms with Gasteiger partial charge in [0.15, 0.2) is 6.23 Å². The number of ether oxygens (including phenoxy) is 1. The highest BCUT2D eigenvalue weighted by Gasteiger charge is 2.21. The first kappa shape index (κ1) is 14.8. The average molecular weight is 375 g/mol. The lowest BCUT2D eigenvalue weighted by molar-refractivity contribution is -0.0365. The fourth-order valence-electron chi connectivity index (χ4n) is 3.07. The first-order valence-corrected chi connectivity index (χ1v) is 8.57. The van der Waals surface area contributed by atoms with Gasteiger partial charge in [-0.05, 0) is 61.7 Å². The van der Waals surface area contributed by atoms with Crippen LogP contribution >= 0.6 is 15.9 Å². The predicted molar refractivity (Wildman–Crippen MR) is 91.7 cm³/mol. The molecule has 3 nitrogen and oxygen atoms in total. The monoisotopic (exact) mass is 374 g/mol. The molecule has 1 fully saturated rings. The second kappa shape index (κ2) is 6.06. The zero-order valence-corrected chi connectivity index (χ0v) is 14.1. The minimum Gasteiger partial charge on any atom is -0.356 e. The summed E-state index contributed by atoms with van der Waals surface area (Å²) in [4.78, 5) is 0. The third kappa shape index (κ3) is 2.79. The summed E-state index contributed by atoms with van der Waals surface area (Å²) in [6, 6.07) is 12.6. The molecule has 0 aliphatic carbocycles. The van der Waals surface area contributed by atoms with Gasteiger partial charge in [0.05, 0.1) is 5.52 Å². The van der Waals surface area contributed by atoms with Crippen LogP contribution in [-0.4, -0.2) is 16.4 Å². The highest BCUT2D eigenvalue weighted by molar-refractivity contribution is 9.10. The van der Waals surface area contributed by atoms with Gasteiger partial charge in [-0.1, -0.05) is 15.9 Å². The molecular weight excluding hydrogens is 359 g/mol. The minimum absolute atomic E-state index is 0.0263. The summed E-state index contributed by atoms with van der Waals surface area (Å²) < 4.78 is 22.1. The van der Waals surface area contributed by atoms with Crippen LogP contribution in [-0.2, 0) is 4.74 Å². The van der Waals surface area contributed by atoms with E-state index in [1.54, 1.807) is 12.1 Å². The van der Waals surface area contributed by atoms with Crippen molar-refractivity contribution in [2.75, 3.05) is 6.61 Å². The summed E-state index contributed by atoms with van der Waals surface area (Å²) in [5.74, 6) is -0.241. The standard InChI is InChI=1S/C18H16BrFN2O/c19-13-6-9-16-15(11-13)18(12-4-7-14(20)8-5-12)21-22(16)17-3-1-2-10-23-17/h4-9,11,17H,1-3,10H2/t17-/m0/s1. The van der Waals surface area contributed by atoms with Crippen LogP contribution in [0.1, 0.15) is 25.5 Å². The van der Waals surface area contributed by atoms with Gasteiger partial charge in [0.25, 0.3) is 0 Å². The number of nitrogens with zero attached hydrogens (tertiary/aromatic N) is 2. The predicted octanol–water partition coefficient (Wildman–Crippen LogP) is 5.30. The van der Waals surface area contributed by atoms with E-state index in [0.717, 1.165) is 52.5 Å². The van der Waals surface area contributed by atoms with Gasteiger partial charge in [-0.15, -0.1) is 0 Å². The molecule has 2 aromatic carbocycles. The van der Waals surface area contributed by atoms with E-state index in [1.807, 2.05) is 10.7 Å². The Balaban J connectivity index is 1.89. The number of halogens is 2. The van der Waals surface area contributed by atoms with Gasteiger partial charge in [-0.3, -0.25) is 0 Å². The minimum atomic E-state index is -0.241. The van der Waals surface area contributed by atoms with Crippen molar-refractivity contribution in [1.29, 1.82) is 0 Å². The van der Waals surface area contributed by atoms with Gasteiger partial charge in [0, 0.05) is 22.0 Å². The molecule has 0 spiro atoms. The number of hydrogen-bond acceptors (Lipinski definition) is 2. The van der Waals surface area contributed by atoms with Crippen molar-refractivity contribution in [3.8, 4) is 11.3 Å².